The smallest absolute Gasteiger partial charge is 0.319 e. The van der Waals surface area contributed by atoms with Gasteiger partial charge in [-0.25, -0.2) is 4.79 Å². The first kappa shape index (κ1) is 18.4. The highest BCUT2D eigenvalue weighted by molar-refractivity contribution is 6.07. The second-order valence-corrected chi connectivity index (χ2v) is 8.30. The highest BCUT2D eigenvalue weighted by atomic mass is 16.5. The van der Waals surface area contributed by atoms with E-state index in [1.165, 1.54) is 4.90 Å². The lowest BCUT2D eigenvalue weighted by atomic mass is 9.85. The van der Waals surface area contributed by atoms with Gasteiger partial charge in [-0.1, -0.05) is 42.5 Å². The average Bonchev–Trinajstić information content (AvgIpc) is 3.43. The number of hydrogen-bond acceptors (Lipinski definition) is 4. The number of carbonyl (C=O) groups excluding carboxylic acids is 3. The van der Waals surface area contributed by atoms with E-state index < -0.39 is 6.17 Å². The predicted molar refractivity (Wildman–Crippen MR) is 104 cm³/mol. The molecule has 2 saturated heterocycles. The molecule has 5 rings (SSSR count). The van der Waals surface area contributed by atoms with Gasteiger partial charge in [0.25, 0.3) is 0 Å². The molecule has 29 heavy (non-hydrogen) atoms. The zero-order chi connectivity index (χ0) is 20.0. The molecule has 0 radical (unpaired) electrons. The van der Waals surface area contributed by atoms with Crippen molar-refractivity contribution in [1.82, 2.24) is 15.1 Å². The van der Waals surface area contributed by atoms with E-state index in [4.69, 9.17) is 4.74 Å². The standard InChI is InChI=1S/C22H25N3O4/c26-20-18-15-6-7-16(13-15)19(18)21(27)25(20)17(12-14-4-2-1-3-5-14)23-22(28)24-8-10-29-11-9-24/h1-7,15-19H,8-13H2,(H,23,28). The molecule has 2 aliphatic heterocycles. The SMILES string of the molecule is O=C(NC(Cc1ccccc1)N1C(=O)C2C3C=CC(C3)C2C1=O)N1CCOCC1. The number of morpholine rings is 1. The van der Waals surface area contributed by atoms with E-state index in [0.29, 0.717) is 32.7 Å². The van der Waals surface area contributed by atoms with Gasteiger partial charge in [0.05, 0.1) is 25.0 Å². The maximum absolute atomic E-state index is 13.3. The Balaban J connectivity index is 1.40. The second-order valence-electron chi connectivity index (χ2n) is 8.30. The van der Waals surface area contributed by atoms with E-state index >= 15 is 0 Å². The zero-order valence-corrected chi connectivity index (χ0v) is 16.2. The van der Waals surface area contributed by atoms with Crippen LogP contribution < -0.4 is 5.32 Å². The van der Waals surface area contributed by atoms with Crippen molar-refractivity contribution < 1.29 is 19.1 Å². The Labute approximate surface area is 169 Å². The maximum atomic E-state index is 13.3. The van der Waals surface area contributed by atoms with Crippen LogP contribution in [0.3, 0.4) is 0 Å². The molecule has 7 heteroatoms. The molecule has 4 aliphatic rings. The summed E-state index contributed by atoms with van der Waals surface area (Å²) in [4.78, 5) is 42.4. The van der Waals surface area contributed by atoms with E-state index in [1.807, 2.05) is 30.3 Å². The number of allylic oxidation sites excluding steroid dienone is 2. The monoisotopic (exact) mass is 395 g/mol. The van der Waals surface area contributed by atoms with E-state index in [9.17, 15) is 14.4 Å². The summed E-state index contributed by atoms with van der Waals surface area (Å²) in [7, 11) is 0. The van der Waals surface area contributed by atoms with Crippen LogP contribution in [-0.2, 0) is 20.7 Å². The minimum Gasteiger partial charge on any atom is -0.378 e. The van der Waals surface area contributed by atoms with Crippen LogP contribution >= 0.6 is 0 Å². The number of amides is 4. The number of likely N-dealkylation sites (tertiary alicyclic amines) is 1. The molecule has 4 amide bonds. The number of benzene rings is 1. The molecule has 0 aromatic heterocycles. The number of urea groups is 1. The van der Waals surface area contributed by atoms with Crippen molar-refractivity contribution in [2.24, 2.45) is 23.7 Å². The Bertz CT molecular complexity index is 819. The molecule has 3 fully saturated rings. The van der Waals surface area contributed by atoms with Crippen molar-refractivity contribution in [1.29, 1.82) is 0 Å². The van der Waals surface area contributed by atoms with Crippen molar-refractivity contribution >= 4 is 17.8 Å². The van der Waals surface area contributed by atoms with Crippen LogP contribution in [-0.4, -0.2) is 60.1 Å². The van der Waals surface area contributed by atoms with Crippen molar-refractivity contribution in [2.45, 2.75) is 19.0 Å². The second kappa shape index (κ2) is 7.30. The van der Waals surface area contributed by atoms with Crippen LogP contribution in [0.25, 0.3) is 0 Å². The third-order valence-corrected chi connectivity index (χ3v) is 6.68. The number of imide groups is 1. The lowest BCUT2D eigenvalue weighted by Gasteiger charge is -2.33. The van der Waals surface area contributed by atoms with Crippen molar-refractivity contribution in [3.8, 4) is 0 Å². The van der Waals surface area contributed by atoms with Gasteiger partial charge in [0.1, 0.15) is 6.17 Å². The topological polar surface area (TPSA) is 79.0 Å². The van der Waals surface area contributed by atoms with Gasteiger partial charge in [-0.15, -0.1) is 0 Å². The Morgan fingerprint density at radius 1 is 1.03 bits per heavy atom. The third kappa shape index (κ3) is 3.13. The first-order valence-electron chi connectivity index (χ1n) is 10.4. The molecule has 1 aromatic carbocycles. The molecule has 7 nitrogen and oxygen atoms in total. The molecular weight excluding hydrogens is 370 g/mol. The Hall–Kier alpha value is -2.67. The van der Waals surface area contributed by atoms with Gasteiger partial charge in [-0.3, -0.25) is 14.5 Å². The fourth-order valence-electron chi connectivity index (χ4n) is 5.28. The predicted octanol–water partition coefficient (Wildman–Crippen LogP) is 1.40. The van der Waals surface area contributed by atoms with Crippen molar-refractivity contribution in [3.63, 3.8) is 0 Å². The van der Waals surface area contributed by atoms with Crippen LogP contribution in [0.4, 0.5) is 4.79 Å². The number of ether oxygens (including phenoxy) is 1. The van der Waals surface area contributed by atoms with Crippen LogP contribution in [0, 0.1) is 23.7 Å². The summed E-state index contributed by atoms with van der Waals surface area (Å²) in [6.07, 6.45) is 4.77. The van der Waals surface area contributed by atoms with Crippen LogP contribution in [0.15, 0.2) is 42.5 Å². The summed E-state index contributed by atoms with van der Waals surface area (Å²) in [6, 6.07) is 9.40. The summed E-state index contributed by atoms with van der Waals surface area (Å²) >= 11 is 0. The number of nitrogens with zero attached hydrogens (tertiary/aromatic N) is 2. The molecule has 152 valence electrons. The minimum absolute atomic E-state index is 0.139. The molecule has 5 unspecified atom stereocenters. The highest BCUT2D eigenvalue weighted by Gasteiger charge is 2.60. The number of hydrogen-bond donors (Lipinski definition) is 1. The Morgan fingerprint density at radius 2 is 1.66 bits per heavy atom. The maximum Gasteiger partial charge on any atom is 0.319 e. The summed E-state index contributed by atoms with van der Waals surface area (Å²) in [5, 5.41) is 2.97. The number of fused-ring (bicyclic) bond motifs is 5. The van der Waals surface area contributed by atoms with Gasteiger partial charge in [-0.2, -0.15) is 0 Å². The fourth-order valence-corrected chi connectivity index (χ4v) is 5.28. The average molecular weight is 395 g/mol. The van der Waals surface area contributed by atoms with Crippen LogP contribution in [0.5, 0.6) is 0 Å². The molecule has 0 spiro atoms. The molecule has 1 N–H and O–H groups in total. The molecule has 1 aromatic rings. The first-order valence-corrected chi connectivity index (χ1v) is 10.4. The lowest BCUT2D eigenvalue weighted by Crippen LogP contribution is -2.57. The summed E-state index contributed by atoms with van der Waals surface area (Å²) in [5.41, 5.74) is 0.971. The van der Waals surface area contributed by atoms with Gasteiger partial charge in [-0.05, 0) is 23.8 Å². The van der Waals surface area contributed by atoms with Crippen molar-refractivity contribution in [3.05, 3.63) is 48.0 Å². The van der Waals surface area contributed by atoms with Gasteiger partial charge in [0, 0.05) is 19.5 Å². The summed E-state index contributed by atoms with van der Waals surface area (Å²) in [6.45, 7) is 2.01. The minimum atomic E-state index is -0.683. The van der Waals surface area contributed by atoms with Crippen LogP contribution in [0.2, 0.25) is 0 Å². The van der Waals surface area contributed by atoms with E-state index in [0.717, 1.165) is 12.0 Å². The lowest BCUT2D eigenvalue weighted by molar-refractivity contribution is -0.144. The summed E-state index contributed by atoms with van der Waals surface area (Å²) < 4.78 is 5.32. The van der Waals surface area contributed by atoms with E-state index in [1.54, 1.807) is 4.90 Å². The number of carbonyl (C=O) groups is 3. The fraction of sp³-hybridized carbons (Fsp3) is 0.500. The molecule has 2 heterocycles. The number of nitrogens with one attached hydrogen (secondary N) is 1. The highest BCUT2D eigenvalue weighted by Crippen LogP contribution is 2.52. The molecule has 2 bridgehead atoms. The van der Waals surface area contributed by atoms with Gasteiger partial charge < -0.3 is 15.0 Å². The van der Waals surface area contributed by atoms with E-state index in [2.05, 4.69) is 17.5 Å². The normalized spacial score (nSPS) is 31.3. The van der Waals surface area contributed by atoms with Crippen LogP contribution in [0.1, 0.15) is 12.0 Å². The largest absolute Gasteiger partial charge is 0.378 e. The molecule has 2 aliphatic carbocycles. The first-order chi connectivity index (χ1) is 14.1. The Morgan fingerprint density at radius 3 is 2.28 bits per heavy atom. The van der Waals surface area contributed by atoms with Gasteiger partial charge >= 0.3 is 6.03 Å². The van der Waals surface area contributed by atoms with E-state index in [-0.39, 0.29) is 41.5 Å². The molecule has 1 saturated carbocycles. The zero-order valence-electron chi connectivity index (χ0n) is 16.2. The molecular formula is C22H25N3O4. The van der Waals surface area contributed by atoms with Gasteiger partial charge in [0.15, 0.2) is 0 Å². The number of rotatable bonds is 4. The van der Waals surface area contributed by atoms with Gasteiger partial charge in [0.2, 0.25) is 11.8 Å². The summed E-state index contributed by atoms with van der Waals surface area (Å²) in [5.74, 6) is -0.509. The van der Waals surface area contributed by atoms with Crippen molar-refractivity contribution in [2.75, 3.05) is 26.3 Å². The molecule has 5 atom stereocenters. The quantitative estimate of drug-likeness (QED) is 0.618. The Kier molecular flexibility index (Phi) is 4.62. The third-order valence-electron chi connectivity index (χ3n) is 6.68.